The Hall–Kier alpha value is -2.15. The number of carboxylic acid groups (broad SMARTS) is 1. The third-order valence-electron chi connectivity index (χ3n) is 2.74. The van der Waals surface area contributed by atoms with Gasteiger partial charge in [-0.3, -0.25) is 4.68 Å². The summed E-state index contributed by atoms with van der Waals surface area (Å²) in [4.78, 5) is 15.3. The number of aromatic nitrogens is 3. The van der Waals surface area contributed by atoms with Gasteiger partial charge in [0.25, 0.3) is 0 Å². The van der Waals surface area contributed by atoms with Crippen LogP contribution in [-0.2, 0) is 11.8 Å². The second-order valence-corrected chi connectivity index (χ2v) is 3.98. The van der Waals surface area contributed by atoms with Crippen molar-refractivity contribution in [1.82, 2.24) is 14.8 Å². The van der Waals surface area contributed by atoms with Gasteiger partial charge in [-0.25, -0.2) is 9.78 Å². The molecular weight excluding hydrogens is 248 g/mol. The van der Waals surface area contributed by atoms with Crippen molar-refractivity contribution in [3.05, 3.63) is 18.0 Å². The molecule has 2 aromatic rings. The van der Waals surface area contributed by atoms with Crippen LogP contribution in [-0.4, -0.2) is 45.6 Å². The van der Waals surface area contributed by atoms with E-state index in [1.165, 1.54) is 6.20 Å². The van der Waals surface area contributed by atoms with E-state index in [-0.39, 0.29) is 5.56 Å². The van der Waals surface area contributed by atoms with Gasteiger partial charge in [-0.15, -0.1) is 0 Å². The number of hydrogen-bond donors (Lipinski definition) is 2. The predicted octanol–water partition coefficient (Wildman–Crippen LogP) is 1.11. The normalized spacial score (nSPS) is 10.8. The summed E-state index contributed by atoms with van der Waals surface area (Å²) in [6.07, 6.45) is 2.95. The molecule has 0 spiro atoms. The van der Waals surface area contributed by atoms with Crippen molar-refractivity contribution >= 4 is 22.7 Å². The number of carbonyl (C=O) groups is 1. The molecule has 2 heterocycles. The lowest BCUT2D eigenvalue weighted by Crippen LogP contribution is -2.13. The molecule has 19 heavy (non-hydrogen) atoms. The van der Waals surface area contributed by atoms with Crippen LogP contribution >= 0.6 is 0 Å². The Bertz CT molecular complexity index is 594. The molecule has 0 saturated carbocycles. The van der Waals surface area contributed by atoms with Crippen LogP contribution in [0, 0.1) is 0 Å². The second kappa shape index (κ2) is 5.66. The van der Waals surface area contributed by atoms with Crippen LogP contribution in [0.15, 0.2) is 12.4 Å². The number of carboxylic acids is 1. The van der Waals surface area contributed by atoms with Crippen molar-refractivity contribution in [1.29, 1.82) is 0 Å². The van der Waals surface area contributed by atoms with Crippen LogP contribution in [0.25, 0.3) is 11.0 Å². The zero-order valence-electron chi connectivity index (χ0n) is 10.9. The maximum absolute atomic E-state index is 11.2. The molecule has 0 saturated heterocycles. The summed E-state index contributed by atoms with van der Waals surface area (Å²) >= 11 is 0. The van der Waals surface area contributed by atoms with Crippen molar-refractivity contribution in [3.8, 4) is 0 Å². The average molecular weight is 264 g/mol. The van der Waals surface area contributed by atoms with Crippen LogP contribution in [0.1, 0.15) is 17.3 Å². The fourth-order valence-corrected chi connectivity index (χ4v) is 1.84. The Morgan fingerprint density at radius 2 is 2.32 bits per heavy atom. The Kier molecular flexibility index (Phi) is 3.96. The average Bonchev–Trinajstić information content (AvgIpc) is 2.76. The predicted molar refractivity (Wildman–Crippen MR) is 70.5 cm³/mol. The Morgan fingerprint density at radius 1 is 1.53 bits per heavy atom. The lowest BCUT2D eigenvalue weighted by atomic mass is 10.2. The summed E-state index contributed by atoms with van der Waals surface area (Å²) in [6, 6.07) is 0. The summed E-state index contributed by atoms with van der Waals surface area (Å²) in [5.74, 6) is -1.02. The van der Waals surface area contributed by atoms with E-state index >= 15 is 0 Å². The number of hydrogen-bond acceptors (Lipinski definition) is 5. The summed E-state index contributed by atoms with van der Waals surface area (Å²) in [5, 5.41) is 17.1. The van der Waals surface area contributed by atoms with Gasteiger partial charge >= 0.3 is 5.97 Å². The molecule has 0 bridgehead atoms. The van der Waals surface area contributed by atoms with Gasteiger partial charge in [-0.1, -0.05) is 0 Å². The van der Waals surface area contributed by atoms with E-state index in [9.17, 15) is 9.90 Å². The largest absolute Gasteiger partial charge is 0.478 e. The lowest BCUT2D eigenvalue weighted by Gasteiger charge is -2.10. The van der Waals surface area contributed by atoms with Crippen molar-refractivity contribution in [3.63, 3.8) is 0 Å². The minimum Gasteiger partial charge on any atom is -0.478 e. The van der Waals surface area contributed by atoms with Crippen LogP contribution in [0.2, 0.25) is 0 Å². The number of rotatable bonds is 6. The van der Waals surface area contributed by atoms with E-state index in [0.29, 0.717) is 36.5 Å². The summed E-state index contributed by atoms with van der Waals surface area (Å²) < 4.78 is 6.83. The molecule has 0 unspecified atom stereocenters. The van der Waals surface area contributed by atoms with Gasteiger partial charge in [0.1, 0.15) is 5.56 Å². The van der Waals surface area contributed by atoms with Crippen LogP contribution < -0.4 is 5.32 Å². The highest BCUT2D eigenvalue weighted by molar-refractivity contribution is 6.03. The van der Waals surface area contributed by atoms with Gasteiger partial charge < -0.3 is 15.2 Å². The van der Waals surface area contributed by atoms with Gasteiger partial charge in [-0.2, -0.15) is 5.10 Å². The zero-order valence-corrected chi connectivity index (χ0v) is 10.9. The molecule has 0 aromatic carbocycles. The van der Waals surface area contributed by atoms with Gasteiger partial charge in [0.15, 0.2) is 5.65 Å². The third kappa shape index (κ3) is 2.65. The monoisotopic (exact) mass is 264 g/mol. The summed E-state index contributed by atoms with van der Waals surface area (Å²) in [5.41, 5.74) is 1.31. The van der Waals surface area contributed by atoms with E-state index < -0.39 is 5.97 Å². The van der Waals surface area contributed by atoms with E-state index in [2.05, 4.69) is 15.4 Å². The number of aryl methyl sites for hydroxylation is 1. The highest BCUT2D eigenvalue weighted by Crippen LogP contribution is 2.25. The number of nitrogens with zero attached hydrogens (tertiary/aromatic N) is 3. The van der Waals surface area contributed by atoms with Gasteiger partial charge in [0.05, 0.1) is 23.9 Å². The Labute approximate surface area is 110 Å². The number of fused-ring (bicyclic) bond motifs is 1. The first kappa shape index (κ1) is 13.3. The first-order valence-electron chi connectivity index (χ1n) is 6.00. The molecule has 0 amide bonds. The Morgan fingerprint density at radius 3 is 3.00 bits per heavy atom. The molecule has 2 rings (SSSR count). The minimum absolute atomic E-state index is 0.136. The molecule has 2 N–H and O–H groups in total. The van der Waals surface area contributed by atoms with E-state index in [4.69, 9.17) is 4.74 Å². The van der Waals surface area contributed by atoms with Gasteiger partial charge in [-0.05, 0) is 6.92 Å². The summed E-state index contributed by atoms with van der Waals surface area (Å²) in [6.45, 7) is 3.59. The second-order valence-electron chi connectivity index (χ2n) is 3.98. The van der Waals surface area contributed by atoms with E-state index in [1.54, 1.807) is 17.9 Å². The molecule has 0 radical (unpaired) electrons. The molecular formula is C12H16N4O3. The van der Waals surface area contributed by atoms with Crippen molar-refractivity contribution in [2.24, 2.45) is 7.05 Å². The molecule has 102 valence electrons. The van der Waals surface area contributed by atoms with Gasteiger partial charge in [0, 0.05) is 26.4 Å². The first-order chi connectivity index (χ1) is 9.15. The zero-order chi connectivity index (χ0) is 13.8. The number of ether oxygens (including phenoxy) is 1. The van der Waals surface area contributed by atoms with Crippen LogP contribution in [0.3, 0.4) is 0 Å². The molecule has 0 atom stereocenters. The SMILES string of the molecule is CCOCCNc1c(C(=O)O)cnc2c1cnn2C. The molecule has 0 aliphatic rings. The van der Waals surface area contributed by atoms with Crippen LogP contribution in [0.5, 0.6) is 0 Å². The molecule has 0 fully saturated rings. The van der Waals surface area contributed by atoms with Crippen molar-refractivity contribution < 1.29 is 14.6 Å². The van der Waals surface area contributed by atoms with Crippen molar-refractivity contribution in [2.45, 2.75) is 6.92 Å². The first-order valence-corrected chi connectivity index (χ1v) is 6.00. The third-order valence-corrected chi connectivity index (χ3v) is 2.74. The number of pyridine rings is 1. The minimum atomic E-state index is -1.02. The van der Waals surface area contributed by atoms with Gasteiger partial charge in [0.2, 0.25) is 0 Å². The fraction of sp³-hybridized carbons (Fsp3) is 0.417. The molecule has 7 heteroatoms. The highest BCUT2D eigenvalue weighted by atomic mass is 16.5. The van der Waals surface area contributed by atoms with Crippen LogP contribution in [0.4, 0.5) is 5.69 Å². The fourth-order valence-electron chi connectivity index (χ4n) is 1.84. The quantitative estimate of drug-likeness (QED) is 0.760. The highest BCUT2D eigenvalue weighted by Gasteiger charge is 2.16. The Balaban J connectivity index is 2.35. The molecule has 2 aromatic heterocycles. The topological polar surface area (TPSA) is 89.3 Å². The summed E-state index contributed by atoms with van der Waals surface area (Å²) in [7, 11) is 1.76. The molecule has 7 nitrogen and oxygen atoms in total. The maximum atomic E-state index is 11.2. The van der Waals surface area contributed by atoms with E-state index in [1.807, 2.05) is 6.92 Å². The van der Waals surface area contributed by atoms with E-state index in [0.717, 1.165) is 0 Å². The maximum Gasteiger partial charge on any atom is 0.339 e. The smallest absolute Gasteiger partial charge is 0.339 e. The number of nitrogens with one attached hydrogen (secondary N) is 1. The van der Waals surface area contributed by atoms with Crippen molar-refractivity contribution in [2.75, 3.05) is 25.1 Å². The standard InChI is InChI=1S/C12H16N4O3/c1-3-19-5-4-13-10-8-7-15-16(2)11(8)14-6-9(10)12(17)18/h6-7H,3-5H2,1-2H3,(H,13,14)(H,17,18). The number of anilines is 1. The lowest BCUT2D eigenvalue weighted by molar-refractivity contribution is 0.0697. The molecule has 0 aliphatic heterocycles. The molecule has 0 aliphatic carbocycles. The number of aromatic carboxylic acids is 1.